The molecule has 3 rings (SSSR count). The van der Waals surface area contributed by atoms with Gasteiger partial charge in [-0.2, -0.15) is 0 Å². The van der Waals surface area contributed by atoms with E-state index in [0.717, 1.165) is 18.7 Å². The van der Waals surface area contributed by atoms with Crippen LogP contribution in [-0.4, -0.2) is 16.6 Å². The molecule has 0 bridgehead atoms. The maximum absolute atomic E-state index is 6.20. The van der Waals surface area contributed by atoms with Gasteiger partial charge in [-0.25, -0.2) is 9.97 Å². The van der Waals surface area contributed by atoms with Gasteiger partial charge in [0.1, 0.15) is 11.9 Å². The highest BCUT2D eigenvalue weighted by Crippen LogP contribution is 2.36. The van der Waals surface area contributed by atoms with Crippen LogP contribution in [0.5, 0.6) is 0 Å². The van der Waals surface area contributed by atoms with Crippen LogP contribution >= 0.6 is 0 Å². The van der Waals surface area contributed by atoms with E-state index in [1.54, 1.807) is 0 Å². The fraction of sp³-hybridized carbons (Fsp3) is 0.765. The van der Waals surface area contributed by atoms with Crippen LogP contribution in [0, 0.1) is 5.92 Å². The molecule has 0 saturated heterocycles. The fourth-order valence-corrected chi connectivity index (χ4v) is 3.81. The number of aryl methyl sites for hydroxylation is 1. The topological polar surface area (TPSA) is 61.0 Å². The maximum Gasteiger partial charge on any atom is 0.160 e. The van der Waals surface area contributed by atoms with E-state index in [1.807, 2.05) is 0 Å². The van der Waals surface area contributed by atoms with Crippen LogP contribution in [0.3, 0.4) is 0 Å². The van der Waals surface area contributed by atoms with E-state index in [9.17, 15) is 0 Å². The lowest BCUT2D eigenvalue weighted by molar-refractivity contribution is -0.000274. The first-order valence-electron chi connectivity index (χ1n) is 8.56. The van der Waals surface area contributed by atoms with Gasteiger partial charge in [0, 0.05) is 17.9 Å². The number of ether oxygens (including phenoxy) is 1. The number of nitrogens with two attached hydrogens (primary N) is 1. The van der Waals surface area contributed by atoms with Crippen molar-refractivity contribution in [1.29, 1.82) is 0 Å². The minimum Gasteiger partial charge on any atom is -0.383 e. The van der Waals surface area contributed by atoms with Gasteiger partial charge >= 0.3 is 0 Å². The summed E-state index contributed by atoms with van der Waals surface area (Å²) >= 11 is 0. The van der Waals surface area contributed by atoms with Crippen LogP contribution in [0.2, 0.25) is 0 Å². The SMILES string of the molecule is CCOC(c1nc(N)c2c(n1)CCCC2)C1CCCCC1. The highest BCUT2D eigenvalue weighted by atomic mass is 16.5. The van der Waals surface area contributed by atoms with E-state index in [4.69, 9.17) is 15.5 Å². The molecule has 4 nitrogen and oxygen atoms in total. The molecule has 2 aliphatic carbocycles. The van der Waals surface area contributed by atoms with E-state index in [0.29, 0.717) is 18.3 Å². The standard InChI is InChI=1S/C17H27N3O/c1-2-21-15(12-8-4-3-5-9-12)17-19-14-11-7-6-10-13(14)16(18)20-17/h12,15H,2-11H2,1H3,(H2,18,19,20). The summed E-state index contributed by atoms with van der Waals surface area (Å²) in [6, 6.07) is 0. The highest BCUT2D eigenvalue weighted by molar-refractivity contribution is 5.43. The summed E-state index contributed by atoms with van der Waals surface area (Å²) < 4.78 is 6.03. The molecule has 0 amide bonds. The van der Waals surface area contributed by atoms with Gasteiger partial charge in [-0.05, 0) is 51.4 Å². The molecule has 1 saturated carbocycles. The Morgan fingerprint density at radius 3 is 2.62 bits per heavy atom. The molecule has 2 aliphatic rings. The molecule has 1 atom stereocenters. The second kappa shape index (κ2) is 6.73. The zero-order valence-electron chi connectivity index (χ0n) is 13.1. The average Bonchev–Trinajstić information content (AvgIpc) is 2.53. The van der Waals surface area contributed by atoms with E-state index < -0.39 is 0 Å². The Morgan fingerprint density at radius 1 is 1.10 bits per heavy atom. The molecule has 4 heteroatoms. The van der Waals surface area contributed by atoms with Crippen LogP contribution in [0.25, 0.3) is 0 Å². The molecule has 0 radical (unpaired) electrons. The van der Waals surface area contributed by atoms with Gasteiger partial charge in [0.05, 0.1) is 0 Å². The Morgan fingerprint density at radius 2 is 1.86 bits per heavy atom. The summed E-state index contributed by atoms with van der Waals surface area (Å²) in [5.74, 6) is 2.08. The minimum atomic E-state index is 0.0322. The van der Waals surface area contributed by atoms with Crippen LogP contribution in [0.4, 0.5) is 5.82 Å². The monoisotopic (exact) mass is 289 g/mol. The van der Waals surface area contributed by atoms with Crippen LogP contribution in [0.15, 0.2) is 0 Å². The van der Waals surface area contributed by atoms with Gasteiger partial charge in [-0.15, -0.1) is 0 Å². The highest BCUT2D eigenvalue weighted by Gasteiger charge is 2.29. The summed E-state index contributed by atoms with van der Waals surface area (Å²) in [5, 5.41) is 0. The van der Waals surface area contributed by atoms with Gasteiger partial charge in [-0.1, -0.05) is 19.3 Å². The molecule has 0 spiro atoms. The van der Waals surface area contributed by atoms with E-state index in [-0.39, 0.29) is 6.10 Å². The van der Waals surface area contributed by atoms with Crippen molar-refractivity contribution in [3.05, 3.63) is 17.1 Å². The van der Waals surface area contributed by atoms with Gasteiger partial charge < -0.3 is 10.5 Å². The number of anilines is 1. The third-order valence-electron chi connectivity index (χ3n) is 4.91. The number of fused-ring (bicyclic) bond motifs is 1. The Bertz CT molecular complexity index is 483. The van der Waals surface area contributed by atoms with Gasteiger partial charge in [0.2, 0.25) is 0 Å². The van der Waals surface area contributed by atoms with Crippen molar-refractivity contribution in [2.24, 2.45) is 5.92 Å². The van der Waals surface area contributed by atoms with Crippen molar-refractivity contribution in [3.8, 4) is 0 Å². The second-order valence-corrected chi connectivity index (χ2v) is 6.37. The van der Waals surface area contributed by atoms with E-state index in [2.05, 4.69) is 11.9 Å². The molecule has 1 unspecified atom stereocenters. The molecule has 0 aromatic carbocycles. The summed E-state index contributed by atoms with van der Waals surface area (Å²) in [7, 11) is 0. The molecule has 1 aromatic rings. The minimum absolute atomic E-state index is 0.0322. The summed E-state index contributed by atoms with van der Waals surface area (Å²) in [4.78, 5) is 9.47. The number of hydrogen-bond donors (Lipinski definition) is 1. The predicted octanol–water partition coefficient (Wildman–Crippen LogP) is 3.60. The largest absolute Gasteiger partial charge is 0.383 e. The Labute approximate surface area is 127 Å². The smallest absolute Gasteiger partial charge is 0.160 e. The lowest BCUT2D eigenvalue weighted by atomic mass is 9.84. The normalized spacial score (nSPS) is 21.0. The fourth-order valence-electron chi connectivity index (χ4n) is 3.81. The molecule has 1 aromatic heterocycles. The third kappa shape index (κ3) is 3.20. The van der Waals surface area contributed by atoms with Gasteiger partial charge in [0.15, 0.2) is 5.82 Å². The Balaban J connectivity index is 1.89. The Kier molecular flexibility index (Phi) is 4.73. The molecular formula is C17H27N3O. The number of rotatable bonds is 4. The summed E-state index contributed by atoms with van der Waals surface area (Å²) in [5.41, 5.74) is 8.55. The number of nitrogens with zero attached hydrogens (tertiary/aromatic N) is 2. The van der Waals surface area contributed by atoms with Crippen LogP contribution in [0.1, 0.15) is 75.1 Å². The molecule has 1 fully saturated rings. The molecular weight excluding hydrogens is 262 g/mol. The number of hydrogen-bond acceptors (Lipinski definition) is 4. The van der Waals surface area contributed by atoms with Crippen molar-refractivity contribution < 1.29 is 4.74 Å². The van der Waals surface area contributed by atoms with Gasteiger partial charge in [-0.3, -0.25) is 0 Å². The third-order valence-corrected chi connectivity index (χ3v) is 4.91. The Hall–Kier alpha value is -1.16. The summed E-state index contributed by atoms with van der Waals surface area (Å²) in [6.07, 6.45) is 10.9. The summed E-state index contributed by atoms with van der Waals surface area (Å²) in [6.45, 7) is 2.76. The van der Waals surface area contributed by atoms with Gasteiger partial charge in [0.25, 0.3) is 0 Å². The van der Waals surface area contributed by atoms with E-state index >= 15 is 0 Å². The zero-order chi connectivity index (χ0) is 14.7. The maximum atomic E-state index is 6.20. The zero-order valence-corrected chi connectivity index (χ0v) is 13.1. The molecule has 2 N–H and O–H groups in total. The average molecular weight is 289 g/mol. The van der Waals surface area contributed by atoms with Crippen molar-refractivity contribution in [2.75, 3.05) is 12.3 Å². The molecule has 116 valence electrons. The van der Waals surface area contributed by atoms with E-state index in [1.165, 1.54) is 56.2 Å². The van der Waals surface area contributed by atoms with Crippen molar-refractivity contribution in [3.63, 3.8) is 0 Å². The van der Waals surface area contributed by atoms with Crippen molar-refractivity contribution >= 4 is 5.82 Å². The van der Waals surface area contributed by atoms with Crippen molar-refractivity contribution in [1.82, 2.24) is 9.97 Å². The first-order valence-corrected chi connectivity index (χ1v) is 8.56. The molecule has 1 heterocycles. The number of nitrogen functional groups attached to an aromatic ring is 1. The predicted molar refractivity (Wildman–Crippen MR) is 84.0 cm³/mol. The lowest BCUT2D eigenvalue weighted by Gasteiger charge is -2.30. The first-order chi connectivity index (χ1) is 10.3. The lowest BCUT2D eigenvalue weighted by Crippen LogP contribution is -2.23. The van der Waals surface area contributed by atoms with Crippen molar-refractivity contribution in [2.45, 2.75) is 70.8 Å². The van der Waals surface area contributed by atoms with Crippen LogP contribution in [-0.2, 0) is 17.6 Å². The first kappa shape index (κ1) is 14.8. The quantitative estimate of drug-likeness (QED) is 0.920. The number of aromatic nitrogens is 2. The molecule has 21 heavy (non-hydrogen) atoms. The van der Waals surface area contributed by atoms with Crippen LogP contribution < -0.4 is 5.73 Å². The molecule has 0 aliphatic heterocycles. The second-order valence-electron chi connectivity index (χ2n) is 6.37.